The first-order chi connectivity index (χ1) is 7.17. The van der Waals surface area contributed by atoms with Gasteiger partial charge in [-0.05, 0) is 23.8 Å². The van der Waals surface area contributed by atoms with Crippen LogP contribution < -0.4 is 16.3 Å². The molecule has 0 aliphatic rings. The van der Waals surface area contributed by atoms with Gasteiger partial charge in [0.05, 0.1) is 7.11 Å². The van der Waals surface area contributed by atoms with Gasteiger partial charge < -0.3 is 16.3 Å². The van der Waals surface area contributed by atoms with Gasteiger partial charge in [0.15, 0.2) is 5.17 Å². The Kier molecular flexibility index (Phi) is 4.77. The number of nitrogens with zero attached hydrogens (tertiary/aromatic N) is 1. The minimum absolute atomic E-state index is 0.365. The molecule has 82 valence electrons. The Morgan fingerprint density at radius 1 is 1.60 bits per heavy atom. The second-order valence-corrected chi connectivity index (χ2v) is 4.56. The molecule has 0 saturated heterocycles. The molecule has 0 atom stereocenters. The van der Waals surface area contributed by atoms with Crippen LogP contribution in [0.2, 0.25) is 0 Å². The number of hydrogen-bond acceptors (Lipinski definition) is 4. The average molecular weight is 290 g/mol. The van der Waals surface area contributed by atoms with Gasteiger partial charge in [0.25, 0.3) is 0 Å². The van der Waals surface area contributed by atoms with Crippen molar-refractivity contribution in [2.24, 2.45) is 16.7 Å². The van der Waals surface area contributed by atoms with Gasteiger partial charge in [-0.25, -0.2) is 0 Å². The second-order valence-electron chi connectivity index (χ2n) is 2.71. The van der Waals surface area contributed by atoms with E-state index in [2.05, 4.69) is 21.0 Å². The van der Waals surface area contributed by atoms with Crippen LogP contribution in [0.25, 0.3) is 0 Å². The second kappa shape index (κ2) is 5.87. The highest BCUT2D eigenvalue weighted by molar-refractivity contribution is 9.10. The van der Waals surface area contributed by atoms with Crippen LogP contribution in [0.3, 0.4) is 0 Å². The summed E-state index contributed by atoms with van der Waals surface area (Å²) in [5, 5.41) is 3.75. The van der Waals surface area contributed by atoms with Crippen molar-refractivity contribution in [1.82, 2.24) is 0 Å². The van der Waals surface area contributed by atoms with Crippen LogP contribution in [-0.4, -0.2) is 12.3 Å². The molecule has 0 unspecified atom stereocenters. The Bertz CT molecular complexity index is 370. The maximum Gasteiger partial charge on any atom is 0.177 e. The maximum atomic E-state index is 5.48. The van der Waals surface area contributed by atoms with Crippen molar-refractivity contribution in [1.29, 1.82) is 0 Å². The van der Waals surface area contributed by atoms with E-state index in [4.69, 9.17) is 16.3 Å². The number of nitrogens with two attached hydrogens (primary N) is 2. The van der Waals surface area contributed by atoms with Crippen molar-refractivity contribution in [3.8, 4) is 5.75 Å². The number of amidine groups is 1. The smallest absolute Gasteiger partial charge is 0.177 e. The molecule has 0 spiro atoms. The molecule has 1 rings (SSSR count). The molecule has 0 heterocycles. The summed E-state index contributed by atoms with van der Waals surface area (Å²) in [5.41, 5.74) is 6.57. The molecule has 6 heteroatoms. The highest BCUT2D eigenvalue weighted by Gasteiger charge is 2.03. The van der Waals surface area contributed by atoms with Crippen LogP contribution in [0.5, 0.6) is 5.75 Å². The largest absolute Gasteiger partial charge is 0.497 e. The summed E-state index contributed by atoms with van der Waals surface area (Å²) in [6.45, 7) is 0. The van der Waals surface area contributed by atoms with E-state index in [1.807, 2.05) is 18.2 Å². The zero-order valence-corrected chi connectivity index (χ0v) is 10.6. The Morgan fingerprint density at radius 2 is 2.33 bits per heavy atom. The molecular formula is C9H12BrN3OS. The van der Waals surface area contributed by atoms with Gasteiger partial charge in [-0.15, -0.1) is 0 Å². The molecule has 1 aromatic rings. The van der Waals surface area contributed by atoms with E-state index in [1.165, 1.54) is 11.8 Å². The van der Waals surface area contributed by atoms with Crippen LogP contribution in [-0.2, 0) is 5.75 Å². The van der Waals surface area contributed by atoms with Gasteiger partial charge in [0, 0.05) is 10.2 Å². The van der Waals surface area contributed by atoms with Crippen molar-refractivity contribution in [3.05, 3.63) is 28.2 Å². The summed E-state index contributed by atoms with van der Waals surface area (Å²) in [6, 6.07) is 5.77. The Hall–Kier alpha value is -0.880. The summed E-state index contributed by atoms with van der Waals surface area (Å²) < 4.78 is 6.14. The molecule has 4 nitrogen and oxygen atoms in total. The number of hydrogen-bond donors (Lipinski definition) is 2. The molecule has 0 fully saturated rings. The van der Waals surface area contributed by atoms with Gasteiger partial charge in [-0.3, -0.25) is 0 Å². The minimum atomic E-state index is 0.365. The molecule has 15 heavy (non-hydrogen) atoms. The van der Waals surface area contributed by atoms with Gasteiger partial charge in [-0.2, -0.15) is 5.10 Å². The van der Waals surface area contributed by atoms with Crippen LogP contribution in [0.4, 0.5) is 0 Å². The van der Waals surface area contributed by atoms with Gasteiger partial charge in [0.1, 0.15) is 5.75 Å². The zero-order valence-electron chi connectivity index (χ0n) is 8.24. The minimum Gasteiger partial charge on any atom is -0.497 e. The lowest BCUT2D eigenvalue weighted by atomic mass is 10.2. The lowest BCUT2D eigenvalue weighted by Gasteiger charge is -2.06. The third-order valence-corrected chi connectivity index (χ3v) is 3.39. The molecule has 0 radical (unpaired) electrons. The quantitative estimate of drug-likeness (QED) is 0.386. The van der Waals surface area contributed by atoms with E-state index in [0.717, 1.165) is 15.8 Å². The van der Waals surface area contributed by atoms with Crippen LogP contribution >= 0.6 is 27.7 Å². The molecule has 0 aliphatic carbocycles. The summed E-state index contributed by atoms with van der Waals surface area (Å²) in [6.07, 6.45) is 0. The Labute approximate surface area is 101 Å². The first kappa shape index (κ1) is 12.2. The van der Waals surface area contributed by atoms with E-state index in [1.54, 1.807) is 7.11 Å². The molecule has 0 aliphatic heterocycles. The lowest BCUT2D eigenvalue weighted by Crippen LogP contribution is -2.09. The van der Waals surface area contributed by atoms with E-state index < -0.39 is 0 Å². The summed E-state index contributed by atoms with van der Waals surface area (Å²) in [7, 11) is 1.63. The van der Waals surface area contributed by atoms with Crippen molar-refractivity contribution in [2.45, 2.75) is 5.75 Å². The number of rotatable bonds is 3. The monoisotopic (exact) mass is 289 g/mol. The fraction of sp³-hybridized carbons (Fsp3) is 0.222. The third-order valence-electron chi connectivity index (χ3n) is 1.76. The van der Waals surface area contributed by atoms with E-state index in [0.29, 0.717) is 10.9 Å². The molecule has 1 aromatic carbocycles. The highest BCUT2D eigenvalue weighted by atomic mass is 79.9. The van der Waals surface area contributed by atoms with Crippen LogP contribution in [0.15, 0.2) is 27.8 Å². The first-order valence-corrected chi connectivity index (χ1v) is 5.93. The Balaban J connectivity index is 2.75. The fourth-order valence-corrected chi connectivity index (χ4v) is 2.17. The molecule has 0 saturated carbocycles. The standard InChI is InChI=1S/C9H12BrN3OS/c1-14-7-2-3-8(10)6(4-7)5-15-9(11)13-12/h2-4H,5,12H2,1H3,(H2,11,13). The molecule has 0 bridgehead atoms. The number of hydrazone groups is 1. The summed E-state index contributed by atoms with van der Waals surface area (Å²) in [5.74, 6) is 6.55. The predicted octanol–water partition coefficient (Wildman–Crippen LogP) is 1.88. The van der Waals surface area contributed by atoms with E-state index in [-0.39, 0.29) is 0 Å². The fourth-order valence-electron chi connectivity index (χ4n) is 0.978. The van der Waals surface area contributed by atoms with Gasteiger partial charge >= 0.3 is 0 Å². The number of benzene rings is 1. The predicted molar refractivity (Wildman–Crippen MR) is 67.8 cm³/mol. The van der Waals surface area contributed by atoms with Crippen LogP contribution in [0, 0.1) is 0 Å². The van der Waals surface area contributed by atoms with Crippen molar-refractivity contribution in [2.75, 3.05) is 7.11 Å². The SMILES string of the molecule is COc1ccc(Br)c(CSC(N)=NN)c1. The molecule has 0 aromatic heterocycles. The van der Waals surface area contributed by atoms with Crippen molar-refractivity contribution < 1.29 is 4.74 Å². The highest BCUT2D eigenvalue weighted by Crippen LogP contribution is 2.25. The van der Waals surface area contributed by atoms with Crippen molar-refractivity contribution >= 4 is 32.9 Å². The summed E-state index contributed by atoms with van der Waals surface area (Å²) in [4.78, 5) is 0. The van der Waals surface area contributed by atoms with Gasteiger partial charge in [-0.1, -0.05) is 27.7 Å². The number of ether oxygens (including phenoxy) is 1. The normalized spacial score (nSPS) is 11.5. The van der Waals surface area contributed by atoms with Crippen LogP contribution in [0.1, 0.15) is 5.56 Å². The first-order valence-electron chi connectivity index (χ1n) is 4.16. The Morgan fingerprint density at radius 3 is 2.93 bits per heavy atom. The van der Waals surface area contributed by atoms with Gasteiger partial charge in [0.2, 0.25) is 0 Å². The molecule has 4 N–H and O–H groups in total. The van der Waals surface area contributed by atoms with E-state index in [9.17, 15) is 0 Å². The third kappa shape index (κ3) is 3.64. The summed E-state index contributed by atoms with van der Waals surface area (Å²) >= 11 is 4.83. The number of methoxy groups -OCH3 is 1. The lowest BCUT2D eigenvalue weighted by molar-refractivity contribution is 0.414. The molecular weight excluding hydrogens is 278 g/mol. The zero-order chi connectivity index (χ0) is 11.3. The topological polar surface area (TPSA) is 73.6 Å². The van der Waals surface area contributed by atoms with E-state index >= 15 is 0 Å². The maximum absolute atomic E-state index is 5.48. The van der Waals surface area contributed by atoms with Crippen molar-refractivity contribution in [3.63, 3.8) is 0 Å². The average Bonchev–Trinajstić information content (AvgIpc) is 2.27. The number of halogens is 1. The molecule has 0 amide bonds. The number of thioether (sulfide) groups is 1.